The predicted octanol–water partition coefficient (Wildman–Crippen LogP) is 4.47. The summed E-state index contributed by atoms with van der Waals surface area (Å²) in [4.78, 5) is 38.9. The fourth-order valence-corrected chi connectivity index (χ4v) is 5.42. The maximum absolute atomic E-state index is 13.1. The van der Waals surface area contributed by atoms with Crippen LogP contribution in [0.4, 0.5) is 0 Å². The number of aliphatic carboxylic acids is 1. The van der Waals surface area contributed by atoms with Crippen molar-refractivity contribution in [2.75, 3.05) is 13.1 Å². The fourth-order valence-electron chi connectivity index (χ4n) is 5.30. The minimum absolute atomic E-state index is 0.0350. The topological polar surface area (TPSA) is 86.7 Å². The monoisotopic (exact) mass is 462 g/mol. The number of carbonyl (C=O) groups is 3. The molecule has 0 aromatic heterocycles. The summed E-state index contributed by atoms with van der Waals surface area (Å²) in [5.74, 6) is -1.33. The Balaban J connectivity index is 1.56. The Morgan fingerprint density at radius 1 is 1.12 bits per heavy atom. The molecule has 2 fully saturated rings. The molecule has 1 aromatic rings. The molecular formula is C25H35ClN2O4. The van der Waals surface area contributed by atoms with Crippen LogP contribution >= 0.6 is 11.6 Å². The lowest BCUT2D eigenvalue weighted by molar-refractivity contribution is -0.141. The highest BCUT2D eigenvalue weighted by atomic mass is 35.5. The van der Waals surface area contributed by atoms with E-state index in [9.17, 15) is 14.4 Å². The van der Waals surface area contributed by atoms with E-state index < -0.39 is 17.4 Å². The van der Waals surface area contributed by atoms with Crippen molar-refractivity contribution < 1.29 is 19.5 Å². The zero-order chi connectivity index (χ0) is 23.7. The van der Waals surface area contributed by atoms with Crippen molar-refractivity contribution in [2.24, 2.45) is 17.3 Å². The highest BCUT2D eigenvalue weighted by Crippen LogP contribution is 2.42. The number of benzene rings is 1. The molecule has 3 rings (SSSR count). The Labute approximate surface area is 195 Å². The van der Waals surface area contributed by atoms with Crippen molar-refractivity contribution in [3.8, 4) is 0 Å². The first-order valence-electron chi connectivity index (χ1n) is 11.5. The molecule has 1 aliphatic carbocycles. The molecule has 6 nitrogen and oxygen atoms in total. The number of halogens is 1. The summed E-state index contributed by atoms with van der Waals surface area (Å²) in [7, 11) is 0. The summed E-state index contributed by atoms with van der Waals surface area (Å²) in [6.45, 7) is 9.44. The van der Waals surface area contributed by atoms with Gasteiger partial charge in [0.05, 0.1) is 5.92 Å². The minimum atomic E-state index is -0.834. The van der Waals surface area contributed by atoms with Gasteiger partial charge in [0.15, 0.2) is 0 Å². The summed E-state index contributed by atoms with van der Waals surface area (Å²) in [5.41, 5.74) is 0.479. The van der Waals surface area contributed by atoms with E-state index in [1.54, 1.807) is 0 Å². The van der Waals surface area contributed by atoms with Crippen LogP contribution in [0.2, 0.25) is 5.02 Å². The molecule has 2 aliphatic rings. The number of hydrogen-bond donors (Lipinski definition) is 2. The van der Waals surface area contributed by atoms with Crippen LogP contribution in [0.25, 0.3) is 0 Å². The molecule has 7 heteroatoms. The van der Waals surface area contributed by atoms with Gasteiger partial charge in [-0.25, -0.2) is 0 Å². The second kappa shape index (κ2) is 9.42. The highest BCUT2D eigenvalue weighted by Gasteiger charge is 2.40. The van der Waals surface area contributed by atoms with E-state index in [0.29, 0.717) is 38.3 Å². The molecule has 32 heavy (non-hydrogen) atoms. The quantitative estimate of drug-likeness (QED) is 0.653. The van der Waals surface area contributed by atoms with Crippen LogP contribution in [0.5, 0.6) is 0 Å². The Kier molecular flexibility index (Phi) is 7.23. The third kappa shape index (κ3) is 5.83. The van der Waals surface area contributed by atoms with Gasteiger partial charge in [0, 0.05) is 36.0 Å². The lowest BCUT2D eigenvalue weighted by Gasteiger charge is -2.45. The molecule has 0 bridgehead atoms. The highest BCUT2D eigenvalue weighted by molar-refractivity contribution is 6.30. The predicted molar refractivity (Wildman–Crippen MR) is 124 cm³/mol. The zero-order valence-electron chi connectivity index (χ0n) is 19.5. The van der Waals surface area contributed by atoms with Gasteiger partial charge in [-0.15, -0.1) is 0 Å². The molecule has 2 amide bonds. The number of carbonyl (C=O) groups excluding carboxylic acids is 2. The van der Waals surface area contributed by atoms with Crippen LogP contribution in [0.15, 0.2) is 24.3 Å². The molecule has 3 unspecified atom stereocenters. The number of likely N-dealkylation sites (tertiary alicyclic amines) is 1. The summed E-state index contributed by atoms with van der Waals surface area (Å²) < 4.78 is 0. The van der Waals surface area contributed by atoms with E-state index in [2.05, 4.69) is 31.3 Å². The van der Waals surface area contributed by atoms with Crippen LogP contribution < -0.4 is 5.32 Å². The van der Waals surface area contributed by atoms with Crippen LogP contribution in [0.3, 0.4) is 0 Å². The van der Waals surface area contributed by atoms with Gasteiger partial charge in [-0.3, -0.25) is 14.4 Å². The number of carboxylic acids is 1. The van der Waals surface area contributed by atoms with Crippen LogP contribution in [0, 0.1) is 17.3 Å². The molecule has 2 N–H and O–H groups in total. The van der Waals surface area contributed by atoms with Gasteiger partial charge in [-0.1, -0.05) is 37.6 Å². The zero-order valence-corrected chi connectivity index (χ0v) is 20.2. The minimum Gasteiger partial charge on any atom is -0.481 e. The normalized spacial score (nSPS) is 25.4. The first kappa shape index (κ1) is 24.6. The Morgan fingerprint density at radius 2 is 1.75 bits per heavy atom. The second-order valence-electron chi connectivity index (χ2n) is 10.8. The van der Waals surface area contributed by atoms with Gasteiger partial charge in [0.25, 0.3) is 0 Å². The van der Waals surface area contributed by atoms with E-state index in [-0.39, 0.29) is 29.6 Å². The molecule has 1 aromatic carbocycles. The van der Waals surface area contributed by atoms with Crippen molar-refractivity contribution in [2.45, 2.75) is 71.3 Å². The summed E-state index contributed by atoms with van der Waals surface area (Å²) in [5, 5.41) is 12.9. The van der Waals surface area contributed by atoms with E-state index in [4.69, 9.17) is 16.7 Å². The number of piperidine rings is 1. The summed E-state index contributed by atoms with van der Waals surface area (Å²) in [6.07, 6.45) is 2.59. The summed E-state index contributed by atoms with van der Waals surface area (Å²) >= 11 is 6.04. The average Bonchev–Trinajstić information content (AvgIpc) is 3.18. The number of hydrogen-bond acceptors (Lipinski definition) is 3. The lowest BCUT2D eigenvalue weighted by atomic mass is 9.70. The molecule has 1 aliphatic heterocycles. The van der Waals surface area contributed by atoms with Crippen molar-refractivity contribution in [1.82, 2.24) is 10.2 Å². The number of amides is 2. The Bertz CT molecular complexity index is 865. The van der Waals surface area contributed by atoms with Crippen molar-refractivity contribution >= 4 is 29.4 Å². The Hall–Kier alpha value is -2.08. The third-order valence-corrected chi connectivity index (χ3v) is 7.31. The molecule has 1 heterocycles. The van der Waals surface area contributed by atoms with Gasteiger partial charge in [-0.2, -0.15) is 0 Å². The van der Waals surface area contributed by atoms with Crippen LogP contribution in [-0.2, 0) is 14.4 Å². The van der Waals surface area contributed by atoms with Crippen molar-refractivity contribution in [3.63, 3.8) is 0 Å². The molecule has 3 atom stereocenters. The van der Waals surface area contributed by atoms with Gasteiger partial charge >= 0.3 is 5.97 Å². The van der Waals surface area contributed by atoms with Crippen molar-refractivity contribution in [1.29, 1.82) is 0 Å². The van der Waals surface area contributed by atoms with Gasteiger partial charge in [-0.05, 0) is 68.6 Å². The number of nitrogens with one attached hydrogen (secondary N) is 1. The first-order valence-corrected chi connectivity index (χ1v) is 11.8. The SMILES string of the molecule is CC(C)(CC(=O)N1CCC(c2ccc(Cl)cc2)C(C)(C)C1)NC(=O)C1CCC(C(=O)O)C1. The number of carboxylic acid groups (broad SMARTS) is 1. The van der Waals surface area contributed by atoms with E-state index in [0.717, 1.165) is 11.4 Å². The van der Waals surface area contributed by atoms with Gasteiger partial charge < -0.3 is 15.3 Å². The van der Waals surface area contributed by atoms with E-state index >= 15 is 0 Å². The maximum atomic E-state index is 13.1. The van der Waals surface area contributed by atoms with Gasteiger partial charge in [0.1, 0.15) is 0 Å². The van der Waals surface area contributed by atoms with E-state index in [1.807, 2.05) is 30.9 Å². The molecular weight excluding hydrogens is 428 g/mol. The first-order chi connectivity index (χ1) is 14.9. The average molecular weight is 463 g/mol. The molecule has 0 spiro atoms. The smallest absolute Gasteiger partial charge is 0.306 e. The fraction of sp³-hybridized carbons (Fsp3) is 0.640. The number of rotatable bonds is 6. The molecule has 1 saturated heterocycles. The molecule has 1 saturated carbocycles. The molecule has 176 valence electrons. The third-order valence-electron chi connectivity index (χ3n) is 7.06. The van der Waals surface area contributed by atoms with Crippen LogP contribution in [-0.4, -0.2) is 46.4 Å². The Morgan fingerprint density at radius 3 is 2.31 bits per heavy atom. The lowest BCUT2D eigenvalue weighted by Crippen LogP contribution is -2.52. The van der Waals surface area contributed by atoms with Crippen LogP contribution in [0.1, 0.15) is 71.3 Å². The largest absolute Gasteiger partial charge is 0.481 e. The molecule has 0 radical (unpaired) electrons. The standard InChI is InChI=1S/C25H35ClN2O4/c1-24(2)15-28(12-11-20(24)16-7-9-19(26)10-8-16)21(29)14-25(3,4)27-22(30)17-5-6-18(13-17)23(31)32/h7-10,17-18,20H,5-6,11-15H2,1-4H3,(H,27,30)(H,31,32). The maximum Gasteiger partial charge on any atom is 0.306 e. The second-order valence-corrected chi connectivity index (χ2v) is 11.2. The van der Waals surface area contributed by atoms with Gasteiger partial charge in [0.2, 0.25) is 11.8 Å². The summed E-state index contributed by atoms with van der Waals surface area (Å²) in [6, 6.07) is 7.98. The van der Waals surface area contributed by atoms with E-state index in [1.165, 1.54) is 5.56 Å². The number of nitrogens with zero attached hydrogens (tertiary/aromatic N) is 1. The van der Waals surface area contributed by atoms with Crippen molar-refractivity contribution in [3.05, 3.63) is 34.9 Å².